The van der Waals surface area contributed by atoms with Gasteiger partial charge in [0.05, 0.1) is 6.54 Å². The van der Waals surface area contributed by atoms with Crippen molar-refractivity contribution >= 4 is 6.08 Å². The van der Waals surface area contributed by atoms with Crippen LogP contribution in [0.3, 0.4) is 0 Å². The van der Waals surface area contributed by atoms with Gasteiger partial charge in [-0.1, -0.05) is 45.4 Å². The summed E-state index contributed by atoms with van der Waals surface area (Å²) in [5.74, 6) is -0.187. The van der Waals surface area contributed by atoms with E-state index in [1.807, 2.05) is 13.8 Å². The summed E-state index contributed by atoms with van der Waals surface area (Å²) in [6.45, 7) is 10.2. The first kappa shape index (κ1) is 22.3. The number of isocyanates is 1. The van der Waals surface area contributed by atoms with Gasteiger partial charge in [-0.2, -0.15) is 0 Å². The SMILES string of the molecule is CCCCCCCCC(CCCN=C=O)C(C)(OCC)OCC. The summed E-state index contributed by atoms with van der Waals surface area (Å²) in [5, 5.41) is 0. The summed E-state index contributed by atoms with van der Waals surface area (Å²) >= 11 is 0. The van der Waals surface area contributed by atoms with Crippen molar-refractivity contribution in [2.45, 2.75) is 91.3 Å². The third-order valence-electron chi connectivity index (χ3n) is 4.40. The maximum absolute atomic E-state index is 10.2. The zero-order valence-electron chi connectivity index (χ0n) is 15.7. The Hall–Kier alpha value is -0.700. The van der Waals surface area contributed by atoms with Crippen LogP contribution >= 0.6 is 0 Å². The largest absolute Gasteiger partial charge is 0.350 e. The van der Waals surface area contributed by atoms with Crippen molar-refractivity contribution in [3.8, 4) is 0 Å². The molecule has 0 aliphatic heterocycles. The molecule has 0 saturated carbocycles. The predicted molar refractivity (Wildman–Crippen MR) is 95.4 cm³/mol. The van der Waals surface area contributed by atoms with Crippen molar-refractivity contribution in [1.82, 2.24) is 0 Å². The van der Waals surface area contributed by atoms with Crippen LogP contribution in [-0.2, 0) is 14.3 Å². The molecule has 0 fully saturated rings. The molecule has 23 heavy (non-hydrogen) atoms. The van der Waals surface area contributed by atoms with Crippen LogP contribution in [0.15, 0.2) is 4.99 Å². The lowest BCUT2D eigenvalue weighted by Crippen LogP contribution is -2.41. The van der Waals surface area contributed by atoms with Crippen molar-refractivity contribution in [1.29, 1.82) is 0 Å². The minimum atomic E-state index is -0.530. The molecule has 0 aromatic heterocycles. The first-order valence-corrected chi connectivity index (χ1v) is 9.46. The molecule has 4 nitrogen and oxygen atoms in total. The van der Waals surface area contributed by atoms with E-state index in [9.17, 15) is 4.79 Å². The molecular formula is C19H37NO3. The number of ether oxygens (including phenoxy) is 2. The fraction of sp³-hybridized carbons (Fsp3) is 0.947. The van der Waals surface area contributed by atoms with Gasteiger partial charge in [0.2, 0.25) is 6.08 Å². The Morgan fingerprint density at radius 1 is 0.913 bits per heavy atom. The molecule has 0 heterocycles. The van der Waals surface area contributed by atoms with Crippen molar-refractivity contribution < 1.29 is 14.3 Å². The van der Waals surface area contributed by atoms with Crippen molar-refractivity contribution in [2.24, 2.45) is 10.9 Å². The Morgan fingerprint density at radius 2 is 1.48 bits per heavy atom. The minimum Gasteiger partial charge on any atom is -0.350 e. The second kappa shape index (κ2) is 14.9. The van der Waals surface area contributed by atoms with Gasteiger partial charge in [0.15, 0.2) is 5.79 Å². The molecule has 0 rings (SSSR count). The molecule has 0 N–H and O–H groups in total. The van der Waals surface area contributed by atoms with E-state index >= 15 is 0 Å². The standard InChI is InChI=1S/C19H37NO3/c1-5-8-9-10-11-12-14-18(15-13-16-20-17-21)19(4,22-6-2)23-7-3/h18H,5-16H2,1-4H3. The van der Waals surface area contributed by atoms with Gasteiger partial charge >= 0.3 is 0 Å². The predicted octanol–water partition coefficient (Wildman–Crippen LogP) is 5.26. The van der Waals surface area contributed by atoms with Crippen LogP contribution in [0.5, 0.6) is 0 Å². The molecule has 4 heteroatoms. The maximum atomic E-state index is 10.2. The van der Waals surface area contributed by atoms with Crippen LogP contribution in [-0.4, -0.2) is 31.6 Å². The van der Waals surface area contributed by atoms with E-state index in [0.717, 1.165) is 19.3 Å². The van der Waals surface area contributed by atoms with Crippen LogP contribution in [0.2, 0.25) is 0 Å². The Bertz CT molecular complexity index is 308. The summed E-state index contributed by atoms with van der Waals surface area (Å²) in [7, 11) is 0. The summed E-state index contributed by atoms with van der Waals surface area (Å²) in [4.78, 5) is 13.9. The van der Waals surface area contributed by atoms with Crippen molar-refractivity contribution in [3.63, 3.8) is 0 Å². The highest BCUT2D eigenvalue weighted by Gasteiger charge is 2.34. The molecule has 1 unspecified atom stereocenters. The van der Waals surface area contributed by atoms with Crippen molar-refractivity contribution in [3.05, 3.63) is 0 Å². The lowest BCUT2D eigenvalue weighted by atomic mass is 9.88. The monoisotopic (exact) mass is 327 g/mol. The smallest absolute Gasteiger partial charge is 0.234 e. The molecule has 0 aromatic carbocycles. The lowest BCUT2D eigenvalue weighted by molar-refractivity contribution is -0.254. The molecule has 0 aromatic rings. The van der Waals surface area contributed by atoms with Gasteiger partial charge in [-0.05, 0) is 40.0 Å². The highest BCUT2D eigenvalue weighted by Crippen LogP contribution is 2.32. The molecule has 136 valence electrons. The zero-order valence-corrected chi connectivity index (χ0v) is 15.7. The Morgan fingerprint density at radius 3 is 2.04 bits per heavy atom. The molecule has 0 amide bonds. The first-order valence-electron chi connectivity index (χ1n) is 9.46. The van der Waals surface area contributed by atoms with Crippen LogP contribution in [0.4, 0.5) is 0 Å². The molecule has 0 aliphatic carbocycles. The lowest BCUT2D eigenvalue weighted by Gasteiger charge is -2.37. The maximum Gasteiger partial charge on any atom is 0.234 e. The molecule has 1 atom stereocenters. The summed E-state index contributed by atoms with van der Waals surface area (Å²) < 4.78 is 11.9. The average Bonchev–Trinajstić information content (AvgIpc) is 2.53. The molecule has 0 spiro atoms. The summed E-state index contributed by atoms with van der Waals surface area (Å²) in [6.07, 6.45) is 12.3. The number of unbranched alkanes of at least 4 members (excludes halogenated alkanes) is 5. The molecule has 0 saturated heterocycles. The number of hydrogen-bond acceptors (Lipinski definition) is 4. The Kier molecular flexibility index (Phi) is 14.4. The Balaban J connectivity index is 4.48. The number of carbonyl (C=O) groups excluding carboxylic acids is 1. The van der Waals surface area contributed by atoms with E-state index in [2.05, 4.69) is 18.8 Å². The quantitative estimate of drug-likeness (QED) is 0.168. The minimum absolute atomic E-state index is 0.343. The fourth-order valence-electron chi connectivity index (χ4n) is 3.15. The van der Waals surface area contributed by atoms with Gasteiger partial charge in [-0.3, -0.25) is 0 Å². The van der Waals surface area contributed by atoms with Gasteiger partial charge in [-0.15, -0.1) is 0 Å². The number of nitrogens with zero attached hydrogens (tertiary/aromatic N) is 1. The topological polar surface area (TPSA) is 47.9 Å². The third kappa shape index (κ3) is 10.6. The van der Waals surface area contributed by atoms with Crippen LogP contribution in [0.25, 0.3) is 0 Å². The molecular weight excluding hydrogens is 290 g/mol. The molecule has 0 radical (unpaired) electrons. The molecule has 0 bridgehead atoms. The molecule has 0 aliphatic rings. The Labute approximate surface area is 143 Å². The van der Waals surface area contributed by atoms with Gasteiger partial charge in [0.1, 0.15) is 0 Å². The van der Waals surface area contributed by atoms with Crippen LogP contribution < -0.4 is 0 Å². The highest BCUT2D eigenvalue weighted by atomic mass is 16.7. The van der Waals surface area contributed by atoms with Crippen LogP contribution in [0, 0.1) is 5.92 Å². The third-order valence-corrected chi connectivity index (χ3v) is 4.40. The normalized spacial score (nSPS) is 12.9. The second-order valence-corrected chi connectivity index (χ2v) is 6.25. The first-order chi connectivity index (χ1) is 11.1. The van der Waals surface area contributed by atoms with E-state index < -0.39 is 5.79 Å². The van der Waals surface area contributed by atoms with Gasteiger partial charge in [0.25, 0.3) is 0 Å². The van der Waals surface area contributed by atoms with Gasteiger partial charge in [-0.25, -0.2) is 9.79 Å². The highest BCUT2D eigenvalue weighted by molar-refractivity contribution is 5.32. The van der Waals surface area contributed by atoms with Gasteiger partial charge in [0, 0.05) is 19.1 Å². The fourth-order valence-corrected chi connectivity index (χ4v) is 3.15. The number of rotatable bonds is 16. The number of hydrogen-bond donors (Lipinski definition) is 0. The van der Waals surface area contributed by atoms with Crippen LogP contribution in [0.1, 0.15) is 85.5 Å². The average molecular weight is 328 g/mol. The number of aliphatic imine (C=N–C) groups is 1. The van der Waals surface area contributed by atoms with E-state index in [1.165, 1.54) is 38.5 Å². The van der Waals surface area contributed by atoms with Gasteiger partial charge < -0.3 is 9.47 Å². The second-order valence-electron chi connectivity index (χ2n) is 6.25. The summed E-state index contributed by atoms with van der Waals surface area (Å²) in [6, 6.07) is 0. The van der Waals surface area contributed by atoms with E-state index in [4.69, 9.17) is 9.47 Å². The summed E-state index contributed by atoms with van der Waals surface area (Å²) in [5.41, 5.74) is 0. The van der Waals surface area contributed by atoms with E-state index in [-0.39, 0.29) is 0 Å². The van der Waals surface area contributed by atoms with E-state index in [0.29, 0.717) is 25.7 Å². The zero-order chi connectivity index (χ0) is 17.4. The van der Waals surface area contributed by atoms with E-state index in [1.54, 1.807) is 6.08 Å². The van der Waals surface area contributed by atoms with Crippen molar-refractivity contribution in [2.75, 3.05) is 19.8 Å².